The van der Waals surface area contributed by atoms with Crippen molar-refractivity contribution >= 4 is 40.5 Å². The number of aliphatic imine (C=N–C) groups is 1. The lowest BCUT2D eigenvalue weighted by molar-refractivity contribution is -0.120. The lowest BCUT2D eigenvalue weighted by Gasteiger charge is -2.21. The number of rotatable bonds is 6. The molecular weight excluding hydrogens is 464 g/mol. The smallest absolute Gasteiger partial charge is 0.387 e. The summed E-state index contributed by atoms with van der Waals surface area (Å²) in [4.78, 5) is 31.8. The van der Waals surface area contributed by atoms with Gasteiger partial charge in [-0.2, -0.15) is 8.78 Å². The summed E-state index contributed by atoms with van der Waals surface area (Å²) in [5.41, 5.74) is 1.40. The first-order chi connectivity index (χ1) is 16.4. The molecule has 4 rings (SSSR count). The van der Waals surface area contributed by atoms with Crippen molar-refractivity contribution < 1.29 is 27.8 Å². The first-order valence-electron chi connectivity index (χ1n) is 10.7. The number of nitrogens with one attached hydrogen (secondary N) is 1. The van der Waals surface area contributed by atoms with E-state index in [1.165, 1.54) is 40.9 Å². The van der Waals surface area contributed by atoms with E-state index in [0.717, 1.165) is 18.4 Å². The van der Waals surface area contributed by atoms with Crippen LogP contribution in [-0.4, -0.2) is 42.5 Å². The van der Waals surface area contributed by atoms with E-state index < -0.39 is 11.9 Å². The molecule has 2 amide bonds. The fourth-order valence-corrected chi connectivity index (χ4v) is 4.76. The predicted octanol–water partition coefficient (Wildman–Crippen LogP) is 4.44. The molecule has 2 heterocycles. The van der Waals surface area contributed by atoms with E-state index >= 15 is 0 Å². The highest BCUT2D eigenvalue weighted by Crippen LogP contribution is 2.34. The molecule has 1 fully saturated rings. The molecule has 7 nitrogen and oxygen atoms in total. The van der Waals surface area contributed by atoms with Crippen LogP contribution in [0.4, 0.5) is 14.5 Å². The van der Waals surface area contributed by atoms with Crippen LogP contribution in [0.5, 0.6) is 11.5 Å². The minimum absolute atomic E-state index is 0.0197. The van der Waals surface area contributed by atoms with Crippen molar-refractivity contribution in [3.63, 3.8) is 0 Å². The number of benzene rings is 2. The Balaban J connectivity index is 1.65. The molecule has 0 spiro atoms. The topological polar surface area (TPSA) is 80.2 Å². The molecule has 0 bridgehead atoms. The Hall–Kier alpha value is -3.40. The summed E-state index contributed by atoms with van der Waals surface area (Å²) in [6, 6.07) is 12.9. The van der Waals surface area contributed by atoms with Crippen LogP contribution >= 0.6 is 11.8 Å². The summed E-state index contributed by atoms with van der Waals surface area (Å²) >= 11 is 1.22. The maximum Gasteiger partial charge on any atom is 0.387 e. The number of amidine groups is 1. The SMILES string of the molecule is COc1ccc(/C=C2\N=C(SC3CCCCNC3=O)N(c3ccc(OC(F)F)cc3)C2=O)cc1. The number of halogens is 2. The van der Waals surface area contributed by atoms with Crippen molar-refractivity contribution in [1.82, 2.24) is 5.32 Å². The Bertz CT molecular complexity index is 1100. The third kappa shape index (κ3) is 5.56. The lowest BCUT2D eigenvalue weighted by atomic mass is 10.2. The van der Waals surface area contributed by atoms with Crippen LogP contribution < -0.4 is 19.7 Å². The Labute approximate surface area is 199 Å². The number of hydrogen-bond acceptors (Lipinski definition) is 6. The van der Waals surface area contributed by atoms with Gasteiger partial charge in [-0.15, -0.1) is 0 Å². The zero-order chi connectivity index (χ0) is 24.1. The maximum absolute atomic E-state index is 13.4. The van der Waals surface area contributed by atoms with E-state index in [0.29, 0.717) is 29.6 Å². The van der Waals surface area contributed by atoms with E-state index in [-0.39, 0.29) is 23.3 Å². The largest absolute Gasteiger partial charge is 0.497 e. The van der Waals surface area contributed by atoms with E-state index in [2.05, 4.69) is 15.0 Å². The minimum Gasteiger partial charge on any atom is -0.497 e. The van der Waals surface area contributed by atoms with E-state index in [1.54, 1.807) is 37.5 Å². The van der Waals surface area contributed by atoms with Gasteiger partial charge < -0.3 is 14.8 Å². The van der Waals surface area contributed by atoms with Crippen molar-refractivity contribution in [2.75, 3.05) is 18.6 Å². The van der Waals surface area contributed by atoms with Crippen LogP contribution in [0.2, 0.25) is 0 Å². The second kappa shape index (κ2) is 10.7. The van der Waals surface area contributed by atoms with Crippen molar-refractivity contribution in [3.05, 3.63) is 59.8 Å². The van der Waals surface area contributed by atoms with Crippen molar-refractivity contribution in [2.45, 2.75) is 31.1 Å². The third-order valence-corrected chi connectivity index (χ3v) is 6.52. The molecule has 34 heavy (non-hydrogen) atoms. The number of amides is 2. The summed E-state index contributed by atoms with van der Waals surface area (Å²) in [7, 11) is 1.57. The zero-order valence-corrected chi connectivity index (χ0v) is 19.2. The zero-order valence-electron chi connectivity index (χ0n) is 18.4. The molecule has 0 radical (unpaired) electrons. The van der Waals surface area contributed by atoms with Crippen LogP contribution in [0.1, 0.15) is 24.8 Å². The number of carbonyl (C=O) groups excluding carboxylic acids is 2. The van der Waals surface area contributed by atoms with Gasteiger partial charge in [-0.05, 0) is 60.9 Å². The Morgan fingerprint density at radius 2 is 1.79 bits per heavy atom. The molecule has 0 saturated carbocycles. The Morgan fingerprint density at radius 1 is 1.09 bits per heavy atom. The summed E-state index contributed by atoms with van der Waals surface area (Å²) in [6.07, 6.45) is 4.10. The van der Waals surface area contributed by atoms with Gasteiger partial charge in [-0.1, -0.05) is 30.3 Å². The lowest BCUT2D eigenvalue weighted by Crippen LogP contribution is -2.35. The molecule has 178 valence electrons. The van der Waals surface area contributed by atoms with Gasteiger partial charge in [0.1, 0.15) is 17.2 Å². The quantitative estimate of drug-likeness (QED) is 0.610. The van der Waals surface area contributed by atoms with Crippen LogP contribution in [0.3, 0.4) is 0 Å². The van der Waals surface area contributed by atoms with Gasteiger partial charge in [-0.3, -0.25) is 14.5 Å². The Morgan fingerprint density at radius 3 is 2.47 bits per heavy atom. The van der Waals surface area contributed by atoms with Gasteiger partial charge in [0, 0.05) is 6.54 Å². The molecule has 10 heteroatoms. The second-order valence-electron chi connectivity index (χ2n) is 7.60. The molecular formula is C24H23F2N3O4S. The average molecular weight is 488 g/mol. The highest BCUT2D eigenvalue weighted by atomic mass is 32.2. The number of nitrogens with zero attached hydrogens (tertiary/aromatic N) is 2. The van der Waals surface area contributed by atoms with Crippen LogP contribution in [0, 0.1) is 0 Å². The van der Waals surface area contributed by atoms with Gasteiger partial charge in [0.25, 0.3) is 5.91 Å². The van der Waals surface area contributed by atoms with E-state index in [9.17, 15) is 18.4 Å². The second-order valence-corrected chi connectivity index (χ2v) is 8.77. The van der Waals surface area contributed by atoms with Crippen LogP contribution in [-0.2, 0) is 9.59 Å². The van der Waals surface area contributed by atoms with Crippen molar-refractivity contribution in [3.8, 4) is 11.5 Å². The number of carbonyl (C=O) groups is 2. The van der Waals surface area contributed by atoms with Crippen LogP contribution in [0.15, 0.2) is 59.2 Å². The molecule has 0 aliphatic carbocycles. The molecule has 1 saturated heterocycles. The third-order valence-electron chi connectivity index (χ3n) is 5.30. The number of hydrogen-bond donors (Lipinski definition) is 1. The van der Waals surface area contributed by atoms with E-state index in [4.69, 9.17) is 4.74 Å². The molecule has 2 aliphatic heterocycles. The maximum atomic E-state index is 13.4. The average Bonchev–Trinajstić information content (AvgIpc) is 2.98. The molecule has 2 aromatic rings. The number of anilines is 1. The molecule has 1 atom stereocenters. The minimum atomic E-state index is -2.94. The monoisotopic (exact) mass is 487 g/mol. The molecule has 1 N–H and O–H groups in total. The number of alkyl halides is 2. The number of thioether (sulfide) groups is 1. The summed E-state index contributed by atoms with van der Waals surface area (Å²) < 4.78 is 34.6. The van der Waals surface area contributed by atoms with Crippen molar-refractivity contribution in [2.24, 2.45) is 4.99 Å². The van der Waals surface area contributed by atoms with Gasteiger partial charge in [0.15, 0.2) is 5.17 Å². The fraction of sp³-hybridized carbons (Fsp3) is 0.292. The predicted molar refractivity (Wildman–Crippen MR) is 127 cm³/mol. The summed E-state index contributed by atoms with van der Waals surface area (Å²) in [6.45, 7) is -2.32. The fourth-order valence-electron chi connectivity index (χ4n) is 3.59. The van der Waals surface area contributed by atoms with Crippen molar-refractivity contribution in [1.29, 1.82) is 0 Å². The highest BCUT2D eigenvalue weighted by Gasteiger charge is 2.35. The van der Waals surface area contributed by atoms with Gasteiger partial charge >= 0.3 is 6.61 Å². The van der Waals surface area contributed by atoms with Gasteiger partial charge in [0.2, 0.25) is 5.91 Å². The molecule has 1 unspecified atom stereocenters. The number of methoxy groups -OCH3 is 1. The molecule has 2 aliphatic rings. The number of ether oxygens (including phenoxy) is 2. The molecule has 0 aromatic heterocycles. The normalized spacial score (nSPS) is 19.8. The first-order valence-corrected chi connectivity index (χ1v) is 11.6. The van der Waals surface area contributed by atoms with Gasteiger partial charge in [-0.25, -0.2) is 4.99 Å². The summed E-state index contributed by atoms with van der Waals surface area (Å²) in [5, 5.41) is 2.86. The standard InChI is InChI=1S/C24H23F2N3O4S/c1-32-17-9-5-15(6-10-17)14-19-22(31)29(16-7-11-18(12-8-16)33-23(25)26)24(28-19)34-20-4-2-3-13-27-21(20)30/h5-12,14,20,23H,2-4,13H2,1H3,(H,27,30)/b19-14-. The first kappa shape index (κ1) is 23.7. The van der Waals surface area contributed by atoms with Crippen LogP contribution in [0.25, 0.3) is 6.08 Å². The molecule has 2 aromatic carbocycles. The summed E-state index contributed by atoms with van der Waals surface area (Å²) in [5.74, 6) is 0.196. The van der Waals surface area contributed by atoms with Gasteiger partial charge in [0.05, 0.1) is 18.0 Å². The highest BCUT2D eigenvalue weighted by molar-refractivity contribution is 8.15. The van der Waals surface area contributed by atoms with E-state index in [1.807, 2.05) is 0 Å². The Kier molecular flexibility index (Phi) is 7.46.